The maximum Gasteiger partial charge on any atom is 0.256 e. The molecule has 6 rings (SSSR count). The summed E-state index contributed by atoms with van der Waals surface area (Å²) < 4.78 is 2.57. The number of aryl methyl sites for hydroxylation is 1. The van der Waals surface area contributed by atoms with Gasteiger partial charge in [-0.3, -0.25) is 4.79 Å². The van der Waals surface area contributed by atoms with Crippen molar-refractivity contribution in [3.8, 4) is 11.8 Å². The fourth-order valence-electron chi connectivity index (χ4n) is 5.44. The van der Waals surface area contributed by atoms with Crippen molar-refractivity contribution in [2.24, 2.45) is 0 Å². The van der Waals surface area contributed by atoms with Gasteiger partial charge in [0.05, 0.1) is 47.6 Å². The Kier molecular flexibility index (Phi) is 5.52. The molecule has 0 bridgehead atoms. The number of aromatic nitrogens is 2. The minimum absolute atomic E-state index is 0.189. The molecule has 0 unspecified atom stereocenters. The van der Waals surface area contributed by atoms with Crippen molar-refractivity contribution in [2.75, 3.05) is 55.8 Å². The number of benzene rings is 1. The van der Waals surface area contributed by atoms with Gasteiger partial charge in [-0.2, -0.15) is 15.0 Å². The molecular formula is C26H28N7OS+. The molecule has 178 valence electrons. The fraction of sp³-hybridized carbons (Fsp3) is 0.346. The van der Waals surface area contributed by atoms with Gasteiger partial charge in [0.15, 0.2) is 5.70 Å². The lowest BCUT2D eigenvalue weighted by molar-refractivity contribution is -0.948. The lowest BCUT2D eigenvalue weighted by Crippen LogP contribution is -2.60. The molecule has 5 heterocycles. The van der Waals surface area contributed by atoms with E-state index in [1.165, 1.54) is 5.70 Å². The van der Waals surface area contributed by atoms with Crippen LogP contribution in [0.1, 0.15) is 11.3 Å². The SMILES string of the molecule is Cc1cc(N2CCN([N@@+]34C=CC=C3C=C(C(=O)N3CCSC3)C4)CC2)n(-c2cccc(C#N)c2)n1. The van der Waals surface area contributed by atoms with Gasteiger partial charge in [-0.05, 0) is 31.2 Å². The molecule has 9 heteroatoms. The number of carbonyl (C=O) groups excluding carboxylic acids is 1. The van der Waals surface area contributed by atoms with Crippen molar-refractivity contribution in [1.82, 2.24) is 19.7 Å². The second kappa shape index (κ2) is 8.72. The first-order valence-corrected chi connectivity index (χ1v) is 13.2. The minimum atomic E-state index is 0.189. The van der Waals surface area contributed by atoms with Gasteiger partial charge in [0.2, 0.25) is 0 Å². The number of amides is 1. The number of rotatable bonds is 4. The highest BCUT2D eigenvalue weighted by Crippen LogP contribution is 2.38. The van der Waals surface area contributed by atoms with E-state index in [2.05, 4.69) is 46.5 Å². The van der Waals surface area contributed by atoms with E-state index in [-0.39, 0.29) is 5.91 Å². The van der Waals surface area contributed by atoms with E-state index in [1.54, 1.807) is 0 Å². The number of thioether (sulfide) groups is 1. The number of hydrogen-bond donors (Lipinski definition) is 0. The highest BCUT2D eigenvalue weighted by molar-refractivity contribution is 7.99. The van der Waals surface area contributed by atoms with Gasteiger partial charge in [0, 0.05) is 43.6 Å². The molecule has 1 atom stereocenters. The lowest BCUT2D eigenvalue weighted by Gasteiger charge is -2.44. The summed E-state index contributed by atoms with van der Waals surface area (Å²) in [5.41, 5.74) is 4.57. The van der Waals surface area contributed by atoms with Crippen LogP contribution in [0.2, 0.25) is 0 Å². The highest BCUT2D eigenvalue weighted by Gasteiger charge is 2.48. The van der Waals surface area contributed by atoms with E-state index in [9.17, 15) is 10.1 Å². The van der Waals surface area contributed by atoms with Gasteiger partial charge >= 0.3 is 0 Å². The second-order valence-corrected chi connectivity index (χ2v) is 10.4. The van der Waals surface area contributed by atoms with Crippen LogP contribution >= 0.6 is 11.8 Å². The summed E-state index contributed by atoms with van der Waals surface area (Å²) in [6.45, 7) is 7.01. The van der Waals surface area contributed by atoms with Crippen molar-refractivity contribution < 1.29 is 9.39 Å². The number of quaternary nitrogens is 1. The Morgan fingerprint density at radius 1 is 1.17 bits per heavy atom. The van der Waals surface area contributed by atoms with E-state index in [4.69, 9.17) is 5.10 Å². The predicted molar refractivity (Wildman–Crippen MR) is 136 cm³/mol. The first-order valence-electron chi connectivity index (χ1n) is 12.0. The predicted octanol–water partition coefficient (Wildman–Crippen LogP) is 2.79. The number of carbonyl (C=O) groups is 1. The van der Waals surface area contributed by atoms with E-state index in [1.807, 2.05) is 52.5 Å². The van der Waals surface area contributed by atoms with Gasteiger partial charge in [-0.15, -0.1) is 16.8 Å². The molecule has 2 fully saturated rings. The molecule has 0 saturated carbocycles. The summed E-state index contributed by atoms with van der Waals surface area (Å²) in [7, 11) is 0. The summed E-state index contributed by atoms with van der Waals surface area (Å²) in [5, 5.41) is 16.5. The third kappa shape index (κ3) is 3.78. The number of piperazine rings is 1. The summed E-state index contributed by atoms with van der Waals surface area (Å²) in [5.74, 6) is 3.06. The maximum absolute atomic E-state index is 13.1. The monoisotopic (exact) mass is 486 g/mol. The molecule has 0 N–H and O–H groups in total. The zero-order valence-electron chi connectivity index (χ0n) is 19.8. The first-order chi connectivity index (χ1) is 17.1. The Hall–Kier alpha value is -3.32. The van der Waals surface area contributed by atoms with Gasteiger partial charge in [0.1, 0.15) is 18.6 Å². The maximum atomic E-state index is 13.1. The van der Waals surface area contributed by atoms with E-state index < -0.39 is 0 Å². The normalized spacial score (nSPS) is 23.9. The molecule has 0 spiro atoms. The Bertz CT molecular complexity index is 1310. The second-order valence-electron chi connectivity index (χ2n) is 9.35. The third-order valence-electron chi connectivity index (χ3n) is 7.21. The van der Waals surface area contributed by atoms with Gasteiger partial charge in [0.25, 0.3) is 5.91 Å². The molecule has 0 radical (unpaired) electrons. The van der Waals surface area contributed by atoms with Crippen LogP contribution in [0.15, 0.2) is 66.0 Å². The first kappa shape index (κ1) is 22.2. The number of anilines is 1. The van der Waals surface area contributed by atoms with Crippen molar-refractivity contribution in [3.63, 3.8) is 0 Å². The quantitative estimate of drug-likeness (QED) is 0.619. The van der Waals surface area contributed by atoms with Crippen LogP contribution in [0.4, 0.5) is 5.82 Å². The number of allylic oxidation sites excluding steroid dienone is 3. The minimum Gasteiger partial charge on any atom is -0.353 e. The topological polar surface area (TPSA) is 68.4 Å². The average molecular weight is 487 g/mol. The van der Waals surface area contributed by atoms with Crippen molar-refractivity contribution in [1.29, 1.82) is 5.26 Å². The van der Waals surface area contributed by atoms with Crippen LogP contribution in [-0.4, -0.2) is 81.1 Å². The average Bonchev–Trinajstić information content (AvgIpc) is 3.67. The molecule has 8 nitrogen and oxygen atoms in total. The van der Waals surface area contributed by atoms with Crippen molar-refractivity contribution in [2.45, 2.75) is 6.92 Å². The summed E-state index contributed by atoms with van der Waals surface area (Å²) in [6, 6.07) is 11.9. The zero-order valence-corrected chi connectivity index (χ0v) is 20.6. The van der Waals surface area contributed by atoms with Crippen LogP contribution in [0.5, 0.6) is 0 Å². The van der Waals surface area contributed by atoms with Crippen LogP contribution in [0.25, 0.3) is 5.69 Å². The largest absolute Gasteiger partial charge is 0.353 e. The number of hydrogen-bond acceptors (Lipinski definition) is 6. The van der Waals surface area contributed by atoms with E-state index >= 15 is 0 Å². The molecule has 35 heavy (non-hydrogen) atoms. The van der Waals surface area contributed by atoms with Gasteiger partial charge < -0.3 is 9.80 Å². The Labute approximate surface area is 209 Å². The molecule has 1 amide bonds. The molecule has 0 aliphatic carbocycles. The smallest absolute Gasteiger partial charge is 0.256 e. The molecular weight excluding hydrogens is 458 g/mol. The molecule has 4 aliphatic heterocycles. The number of nitrogens with zero attached hydrogens (tertiary/aromatic N) is 7. The molecule has 2 saturated heterocycles. The molecule has 1 aromatic heterocycles. The van der Waals surface area contributed by atoms with Crippen molar-refractivity contribution in [3.05, 3.63) is 77.3 Å². The Balaban J connectivity index is 1.19. The standard InChI is InChI=1S/C26H28N7OS/c1-20-14-25(32(28-20)23-5-2-4-21(15-23)17-27)29-7-9-31(10-8-29)33-12-3-6-24(33)16-22(18-33)26(34)30-11-13-35-19-30/h2-6,12,14-16H,7-11,13,18-19H2,1H3/q+1/t33-/m1/s1. The fourth-order valence-corrected chi connectivity index (χ4v) is 6.39. The molecule has 1 aromatic carbocycles. The lowest BCUT2D eigenvalue weighted by atomic mass is 10.2. The highest BCUT2D eigenvalue weighted by atomic mass is 32.2. The van der Waals surface area contributed by atoms with Crippen LogP contribution < -0.4 is 4.90 Å². The van der Waals surface area contributed by atoms with Crippen LogP contribution in [-0.2, 0) is 4.79 Å². The van der Waals surface area contributed by atoms with Gasteiger partial charge in [-0.1, -0.05) is 6.07 Å². The summed E-state index contributed by atoms with van der Waals surface area (Å²) in [6.07, 6.45) is 8.60. The Morgan fingerprint density at radius 2 is 2.03 bits per heavy atom. The van der Waals surface area contributed by atoms with E-state index in [0.717, 1.165) is 67.1 Å². The summed E-state index contributed by atoms with van der Waals surface area (Å²) in [4.78, 5) is 17.4. The summed E-state index contributed by atoms with van der Waals surface area (Å²) >= 11 is 1.82. The van der Waals surface area contributed by atoms with E-state index in [0.29, 0.717) is 16.7 Å². The molecule has 2 aromatic rings. The molecule has 4 aliphatic rings. The Morgan fingerprint density at radius 3 is 2.80 bits per heavy atom. The third-order valence-corrected chi connectivity index (χ3v) is 8.18. The van der Waals surface area contributed by atoms with Gasteiger partial charge in [-0.25, -0.2) is 4.68 Å². The van der Waals surface area contributed by atoms with Crippen molar-refractivity contribution >= 4 is 23.5 Å². The zero-order chi connectivity index (χ0) is 24.0. The van der Waals surface area contributed by atoms with Crippen LogP contribution in [0, 0.1) is 18.3 Å². The number of fused-ring (bicyclic) bond motifs is 1. The van der Waals surface area contributed by atoms with Crippen LogP contribution in [0.3, 0.4) is 0 Å². The number of nitriles is 1.